The molecule has 0 aliphatic rings. The Morgan fingerprint density at radius 1 is 1.14 bits per heavy atom. The molecule has 0 aliphatic carbocycles. The molecule has 2 aromatic rings. The van der Waals surface area contributed by atoms with Gasteiger partial charge in [-0.2, -0.15) is 13.2 Å². The van der Waals surface area contributed by atoms with Gasteiger partial charge in [0.1, 0.15) is 5.75 Å². The summed E-state index contributed by atoms with van der Waals surface area (Å²) >= 11 is 3.27. The molecule has 0 atom stereocenters. The molecule has 0 unspecified atom stereocenters. The molecule has 116 valence electrons. The molecule has 0 bridgehead atoms. The first kappa shape index (κ1) is 16.4. The van der Waals surface area contributed by atoms with E-state index < -0.39 is 17.6 Å². The summed E-state index contributed by atoms with van der Waals surface area (Å²) in [5.41, 5.74) is -0.752. The maximum absolute atomic E-state index is 12.6. The molecular formula is C15H11BrF3NO2. The molecule has 0 radical (unpaired) electrons. The topological polar surface area (TPSA) is 38.3 Å². The number of hydrogen-bond donors (Lipinski definition) is 1. The first-order valence-electron chi connectivity index (χ1n) is 6.20. The van der Waals surface area contributed by atoms with Crippen molar-refractivity contribution in [3.05, 3.63) is 58.6 Å². The molecule has 1 amide bonds. The lowest BCUT2D eigenvalue weighted by Gasteiger charge is -2.10. The molecule has 3 nitrogen and oxygen atoms in total. The number of nitrogens with one attached hydrogen (secondary N) is 1. The highest BCUT2D eigenvalue weighted by molar-refractivity contribution is 9.10. The summed E-state index contributed by atoms with van der Waals surface area (Å²) < 4.78 is 43.8. The van der Waals surface area contributed by atoms with Crippen LogP contribution in [0.2, 0.25) is 0 Å². The van der Waals surface area contributed by atoms with Crippen molar-refractivity contribution in [2.24, 2.45) is 0 Å². The normalized spacial score (nSPS) is 11.1. The van der Waals surface area contributed by atoms with Crippen LogP contribution in [0.15, 0.2) is 53.0 Å². The van der Waals surface area contributed by atoms with Gasteiger partial charge in [0.05, 0.1) is 5.56 Å². The minimum absolute atomic E-state index is 0.0687. The Labute approximate surface area is 133 Å². The highest BCUT2D eigenvalue weighted by Gasteiger charge is 2.30. The summed E-state index contributed by atoms with van der Waals surface area (Å²) in [5, 5.41) is 2.36. The second kappa shape index (κ2) is 6.83. The molecular weight excluding hydrogens is 363 g/mol. The molecule has 22 heavy (non-hydrogen) atoms. The summed E-state index contributed by atoms with van der Waals surface area (Å²) in [7, 11) is 0. The molecule has 0 fully saturated rings. The largest absolute Gasteiger partial charge is 0.484 e. The monoisotopic (exact) mass is 373 g/mol. The predicted molar refractivity (Wildman–Crippen MR) is 79.7 cm³/mol. The van der Waals surface area contributed by atoms with Crippen molar-refractivity contribution in [2.75, 3.05) is 11.9 Å². The Morgan fingerprint density at radius 3 is 2.45 bits per heavy atom. The first-order chi connectivity index (χ1) is 10.3. The molecule has 0 heterocycles. The summed E-state index contributed by atoms with van der Waals surface area (Å²) in [6.45, 7) is -0.294. The number of carbonyl (C=O) groups is 1. The lowest BCUT2D eigenvalue weighted by molar-refractivity contribution is -0.137. The molecule has 0 spiro atoms. The van der Waals surface area contributed by atoms with E-state index in [1.807, 2.05) is 0 Å². The fourth-order valence-electron chi connectivity index (χ4n) is 1.65. The quantitative estimate of drug-likeness (QED) is 0.857. The number of anilines is 1. The van der Waals surface area contributed by atoms with E-state index in [1.165, 1.54) is 12.1 Å². The highest BCUT2D eigenvalue weighted by atomic mass is 79.9. The van der Waals surface area contributed by atoms with E-state index in [0.29, 0.717) is 5.75 Å². The first-order valence-corrected chi connectivity index (χ1v) is 6.99. The third-order valence-corrected chi connectivity index (χ3v) is 3.19. The number of carbonyl (C=O) groups excluding carboxylic acids is 1. The van der Waals surface area contributed by atoms with Gasteiger partial charge in [0.2, 0.25) is 0 Å². The van der Waals surface area contributed by atoms with Gasteiger partial charge in [-0.1, -0.05) is 22.0 Å². The van der Waals surface area contributed by atoms with Gasteiger partial charge >= 0.3 is 6.18 Å². The van der Waals surface area contributed by atoms with Gasteiger partial charge in [-0.25, -0.2) is 0 Å². The number of alkyl halides is 3. The van der Waals surface area contributed by atoms with Gasteiger partial charge < -0.3 is 10.1 Å². The van der Waals surface area contributed by atoms with Crippen LogP contribution in [0.1, 0.15) is 5.56 Å². The molecule has 0 saturated carbocycles. The van der Waals surface area contributed by atoms with Crippen LogP contribution in [-0.4, -0.2) is 12.5 Å². The third-order valence-electron chi connectivity index (χ3n) is 2.66. The lowest BCUT2D eigenvalue weighted by atomic mass is 10.2. The van der Waals surface area contributed by atoms with Crippen LogP contribution in [0.4, 0.5) is 18.9 Å². The van der Waals surface area contributed by atoms with Crippen molar-refractivity contribution >= 4 is 27.5 Å². The SMILES string of the molecule is O=C(COc1ccc(Br)cc1)Nc1cccc(C(F)(F)F)c1. The van der Waals surface area contributed by atoms with E-state index >= 15 is 0 Å². The van der Waals surface area contributed by atoms with Crippen molar-refractivity contribution in [2.45, 2.75) is 6.18 Å². The second-order valence-corrected chi connectivity index (χ2v) is 5.29. The van der Waals surface area contributed by atoms with Gasteiger partial charge in [0, 0.05) is 10.2 Å². The zero-order chi connectivity index (χ0) is 16.2. The Morgan fingerprint density at radius 2 is 1.82 bits per heavy atom. The van der Waals surface area contributed by atoms with Crippen molar-refractivity contribution in [1.29, 1.82) is 0 Å². The average Bonchev–Trinajstić information content (AvgIpc) is 2.46. The van der Waals surface area contributed by atoms with Gasteiger partial charge in [-0.3, -0.25) is 4.79 Å². The van der Waals surface area contributed by atoms with E-state index in [9.17, 15) is 18.0 Å². The van der Waals surface area contributed by atoms with Crippen LogP contribution in [-0.2, 0) is 11.0 Å². The summed E-state index contributed by atoms with van der Waals surface area (Å²) in [5.74, 6) is -0.0513. The molecule has 2 rings (SSSR count). The summed E-state index contributed by atoms with van der Waals surface area (Å²) in [4.78, 5) is 11.7. The van der Waals surface area contributed by atoms with Crippen molar-refractivity contribution < 1.29 is 22.7 Å². The van der Waals surface area contributed by atoms with E-state index in [-0.39, 0.29) is 12.3 Å². The summed E-state index contributed by atoms with van der Waals surface area (Å²) in [6.07, 6.45) is -4.45. The van der Waals surface area contributed by atoms with E-state index in [2.05, 4.69) is 21.2 Å². The maximum atomic E-state index is 12.6. The minimum atomic E-state index is -4.45. The maximum Gasteiger partial charge on any atom is 0.416 e. The van der Waals surface area contributed by atoms with Crippen molar-refractivity contribution in [3.8, 4) is 5.75 Å². The van der Waals surface area contributed by atoms with Gasteiger partial charge in [0.25, 0.3) is 5.91 Å². The predicted octanol–water partition coefficient (Wildman–Crippen LogP) is 4.49. The van der Waals surface area contributed by atoms with Gasteiger partial charge in [-0.05, 0) is 42.5 Å². The second-order valence-electron chi connectivity index (χ2n) is 4.37. The Kier molecular flexibility index (Phi) is 5.07. The molecule has 1 N–H and O–H groups in total. The molecule has 0 aliphatic heterocycles. The number of amides is 1. The minimum Gasteiger partial charge on any atom is -0.484 e. The smallest absolute Gasteiger partial charge is 0.416 e. The number of benzene rings is 2. The Balaban J connectivity index is 1.93. The number of rotatable bonds is 4. The van der Waals surface area contributed by atoms with Crippen molar-refractivity contribution in [3.63, 3.8) is 0 Å². The molecule has 7 heteroatoms. The van der Waals surface area contributed by atoms with Crippen LogP contribution in [0.25, 0.3) is 0 Å². The van der Waals surface area contributed by atoms with Crippen LogP contribution in [0.3, 0.4) is 0 Å². The van der Waals surface area contributed by atoms with Crippen LogP contribution >= 0.6 is 15.9 Å². The molecule has 0 aromatic heterocycles. The van der Waals surface area contributed by atoms with Gasteiger partial charge in [-0.15, -0.1) is 0 Å². The Bertz CT molecular complexity index is 657. The van der Waals surface area contributed by atoms with E-state index in [1.54, 1.807) is 24.3 Å². The Hall–Kier alpha value is -2.02. The molecule has 2 aromatic carbocycles. The van der Waals surface area contributed by atoms with Crippen LogP contribution in [0.5, 0.6) is 5.75 Å². The number of ether oxygens (including phenoxy) is 1. The van der Waals surface area contributed by atoms with E-state index in [0.717, 1.165) is 16.6 Å². The van der Waals surface area contributed by atoms with E-state index in [4.69, 9.17) is 4.74 Å². The lowest BCUT2D eigenvalue weighted by Crippen LogP contribution is -2.20. The standard InChI is InChI=1S/C15H11BrF3NO2/c16-11-4-6-13(7-5-11)22-9-14(21)20-12-3-1-2-10(8-12)15(17,18)19/h1-8H,9H2,(H,20,21). The zero-order valence-electron chi connectivity index (χ0n) is 11.2. The van der Waals surface area contributed by atoms with Crippen LogP contribution in [0, 0.1) is 0 Å². The average molecular weight is 374 g/mol. The highest BCUT2D eigenvalue weighted by Crippen LogP contribution is 2.30. The molecule has 0 saturated heterocycles. The fraction of sp³-hybridized carbons (Fsp3) is 0.133. The van der Waals surface area contributed by atoms with Crippen molar-refractivity contribution in [1.82, 2.24) is 0 Å². The zero-order valence-corrected chi connectivity index (χ0v) is 12.7. The van der Waals surface area contributed by atoms with Gasteiger partial charge in [0.15, 0.2) is 6.61 Å². The third kappa shape index (κ3) is 4.77. The number of hydrogen-bond acceptors (Lipinski definition) is 2. The summed E-state index contributed by atoms with van der Waals surface area (Å²) in [6, 6.07) is 11.3. The van der Waals surface area contributed by atoms with Crippen LogP contribution < -0.4 is 10.1 Å². The fourth-order valence-corrected chi connectivity index (χ4v) is 1.91. The number of halogens is 4.